The SMILES string of the molecule is CCc1cccc(NC(=O)c2cnn(-c3ccc(Cl)cc3)c2C2CCNCC2)c1. The van der Waals surface area contributed by atoms with Crippen molar-refractivity contribution in [3.05, 3.63) is 76.6 Å². The van der Waals surface area contributed by atoms with E-state index in [0.717, 1.165) is 49.4 Å². The molecule has 1 amide bonds. The van der Waals surface area contributed by atoms with Gasteiger partial charge in [-0.1, -0.05) is 30.7 Å². The highest BCUT2D eigenvalue weighted by molar-refractivity contribution is 6.30. The summed E-state index contributed by atoms with van der Waals surface area (Å²) in [5.41, 5.74) is 4.52. The van der Waals surface area contributed by atoms with E-state index in [0.29, 0.717) is 10.6 Å². The van der Waals surface area contributed by atoms with Gasteiger partial charge in [0.1, 0.15) is 0 Å². The van der Waals surface area contributed by atoms with Gasteiger partial charge < -0.3 is 10.6 Å². The molecule has 0 spiro atoms. The third kappa shape index (κ3) is 4.36. The van der Waals surface area contributed by atoms with Crippen LogP contribution in [0.3, 0.4) is 0 Å². The number of aryl methyl sites for hydroxylation is 1. The fourth-order valence-corrected chi connectivity index (χ4v) is 4.00. The fourth-order valence-electron chi connectivity index (χ4n) is 3.88. The molecular formula is C23H25ClN4O. The number of aromatic nitrogens is 2. The van der Waals surface area contributed by atoms with Gasteiger partial charge in [0.2, 0.25) is 0 Å². The predicted octanol–water partition coefficient (Wildman–Crippen LogP) is 4.81. The summed E-state index contributed by atoms with van der Waals surface area (Å²) in [5.74, 6) is 0.157. The lowest BCUT2D eigenvalue weighted by Crippen LogP contribution is -2.29. The Kier molecular flexibility index (Phi) is 5.97. The zero-order valence-corrected chi connectivity index (χ0v) is 17.2. The number of anilines is 1. The molecule has 6 heteroatoms. The first-order valence-corrected chi connectivity index (χ1v) is 10.5. The van der Waals surface area contributed by atoms with Crippen LogP contribution in [0, 0.1) is 0 Å². The van der Waals surface area contributed by atoms with Crippen molar-refractivity contribution in [1.82, 2.24) is 15.1 Å². The normalized spacial score (nSPS) is 14.7. The van der Waals surface area contributed by atoms with Crippen LogP contribution in [0.2, 0.25) is 5.02 Å². The van der Waals surface area contributed by atoms with Crippen molar-refractivity contribution in [2.75, 3.05) is 18.4 Å². The fraction of sp³-hybridized carbons (Fsp3) is 0.304. The van der Waals surface area contributed by atoms with E-state index in [9.17, 15) is 4.79 Å². The van der Waals surface area contributed by atoms with E-state index in [1.807, 2.05) is 47.1 Å². The predicted molar refractivity (Wildman–Crippen MR) is 117 cm³/mol. The molecule has 5 nitrogen and oxygen atoms in total. The number of nitrogens with zero attached hydrogens (tertiary/aromatic N) is 2. The smallest absolute Gasteiger partial charge is 0.259 e. The minimum absolute atomic E-state index is 0.119. The van der Waals surface area contributed by atoms with Crippen molar-refractivity contribution in [2.24, 2.45) is 0 Å². The van der Waals surface area contributed by atoms with Gasteiger partial charge in [0.15, 0.2) is 0 Å². The van der Waals surface area contributed by atoms with E-state index in [-0.39, 0.29) is 11.8 Å². The van der Waals surface area contributed by atoms with Gasteiger partial charge >= 0.3 is 0 Å². The highest BCUT2D eigenvalue weighted by Crippen LogP contribution is 2.31. The lowest BCUT2D eigenvalue weighted by atomic mass is 9.91. The average Bonchev–Trinajstić information content (AvgIpc) is 3.20. The summed E-state index contributed by atoms with van der Waals surface area (Å²) >= 11 is 6.06. The van der Waals surface area contributed by atoms with Crippen LogP contribution in [0.5, 0.6) is 0 Å². The molecule has 2 heterocycles. The zero-order valence-electron chi connectivity index (χ0n) is 16.5. The highest BCUT2D eigenvalue weighted by atomic mass is 35.5. The summed E-state index contributed by atoms with van der Waals surface area (Å²) < 4.78 is 1.89. The Hall–Kier alpha value is -2.63. The van der Waals surface area contributed by atoms with Crippen LogP contribution < -0.4 is 10.6 Å². The minimum atomic E-state index is -0.119. The largest absolute Gasteiger partial charge is 0.322 e. The average molecular weight is 409 g/mol. The Morgan fingerprint density at radius 1 is 1.21 bits per heavy atom. The molecule has 1 saturated heterocycles. The Morgan fingerprint density at radius 2 is 1.97 bits per heavy atom. The topological polar surface area (TPSA) is 59.0 Å². The number of halogens is 1. The van der Waals surface area contributed by atoms with Crippen LogP contribution in [0.25, 0.3) is 5.69 Å². The maximum Gasteiger partial charge on any atom is 0.259 e. The molecule has 1 aliphatic heterocycles. The number of amides is 1. The summed E-state index contributed by atoms with van der Waals surface area (Å²) in [6, 6.07) is 15.5. The molecule has 29 heavy (non-hydrogen) atoms. The molecule has 0 atom stereocenters. The monoisotopic (exact) mass is 408 g/mol. The molecule has 0 aliphatic carbocycles. The summed E-state index contributed by atoms with van der Waals surface area (Å²) in [4.78, 5) is 13.2. The number of piperidine rings is 1. The summed E-state index contributed by atoms with van der Waals surface area (Å²) in [7, 11) is 0. The van der Waals surface area contributed by atoms with Crippen LogP contribution in [-0.2, 0) is 6.42 Å². The molecule has 1 aromatic heterocycles. The molecule has 1 fully saturated rings. The van der Waals surface area contributed by atoms with E-state index < -0.39 is 0 Å². The van der Waals surface area contributed by atoms with Gasteiger partial charge in [-0.25, -0.2) is 4.68 Å². The minimum Gasteiger partial charge on any atom is -0.322 e. The number of carbonyl (C=O) groups is 1. The quantitative estimate of drug-likeness (QED) is 0.637. The second-order valence-electron chi connectivity index (χ2n) is 7.36. The van der Waals surface area contributed by atoms with E-state index >= 15 is 0 Å². The molecule has 150 valence electrons. The molecule has 2 aromatic carbocycles. The highest BCUT2D eigenvalue weighted by Gasteiger charge is 2.27. The first-order valence-electron chi connectivity index (χ1n) is 10.1. The van der Waals surface area contributed by atoms with Crippen LogP contribution in [-0.4, -0.2) is 28.8 Å². The lowest BCUT2D eigenvalue weighted by Gasteiger charge is -2.24. The molecule has 3 aromatic rings. The summed E-state index contributed by atoms with van der Waals surface area (Å²) in [6.07, 6.45) is 4.57. The van der Waals surface area contributed by atoms with Crippen LogP contribution in [0.1, 0.15) is 47.3 Å². The second kappa shape index (κ2) is 8.80. The Bertz CT molecular complexity index is 990. The van der Waals surface area contributed by atoms with Crippen molar-refractivity contribution < 1.29 is 4.79 Å². The number of carbonyl (C=O) groups excluding carboxylic acids is 1. The van der Waals surface area contributed by atoms with Crippen molar-refractivity contribution in [1.29, 1.82) is 0 Å². The van der Waals surface area contributed by atoms with Crippen LogP contribution >= 0.6 is 11.6 Å². The third-order valence-corrected chi connectivity index (χ3v) is 5.69. The van der Waals surface area contributed by atoms with E-state index in [1.165, 1.54) is 5.56 Å². The zero-order chi connectivity index (χ0) is 20.2. The van der Waals surface area contributed by atoms with Gasteiger partial charge in [0.05, 0.1) is 23.1 Å². The third-order valence-electron chi connectivity index (χ3n) is 5.44. The first kappa shape index (κ1) is 19.7. The van der Waals surface area contributed by atoms with Gasteiger partial charge in [-0.3, -0.25) is 4.79 Å². The van der Waals surface area contributed by atoms with Crippen molar-refractivity contribution >= 4 is 23.2 Å². The molecule has 0 bridgehead atoms. The van der Waals surface area contributed by atoms with Crippen LogP contribution in [0.4, 0.5) is 5.69 Å². The van der Waals surface area contributed by atoms with Crippen molar-refractivity contribution in [2.45, 2.75) is 32.1 Å². The van der Waals surface area contributed by atoms with Gasteiger partial charge in [-0.05, 0) is 74.3 Å². The van der Waals surface area contributed by atoms with Crippen molar-refractivity contribution in [3.63, 3.8) is 0 Å². The molecule has 2 N–H and O–H groups in total. The number of benzene rings is 2. The van der Waals surface area contributed by atoms with Crippen molar-refractivity contribution in [3.8, 4) is 5.69 Å². The first-order chi connectivity index (χ1) is 14.2. The van der Waals surface area contributed by atoms with Gasteiger partial charge in [0.25, 0.3) is 5.91 Å². The van der Waals surface area contributed by atoms with E-state index in [2.05, 4.69) is 28.7 Å². The van der Waals surface area contributed by atoms with Gasteiger partial charge in [-0.15, -0.1) is 0 Å². The second-order valence-corrected chi connectivity index (χ2v) is 7.80. The van der Waals surface area contributed by atoms with E-state index in [1.54, 1.807) is 6.20 Å². The molecular weight excluding hydrogens is 384 g/mol. The van der Waals surface area contributed by atoms with E-state index in [4.69, 9.17) is 11.6 Å². The molecule has 0 saturated carbocycles. The molecule has 4 rings (SSSR count). The number of nitrogens with one attached hydrogen (secondary N) is 2. The number of hydrogen-bond acceptors (Lipinski definition) is 3. The number of rotatable bonds is 5. The maximum absolute atomic E-state index is 13.2. The van der Waals surface area contributed by atoms with Gasteiger partial charge in [-0.2, -0.15) is 5.10 Å². The Morgan fingerprint density at radius 3 is 2.69 bits per heavy atom. The Balaban J connectivity index is 1.70. The Labute approximate surface area is 176 Å². The molecule has 0 unspecified atom stereocenters. The summed E-state index contributed by atoms with van der Waals surface area (Å²) in [6.45, 7) is 3.98. The number of hydrogen-bond donors (Lipinski definition) is 2. The molecule has 0 radical (unpaired) electrons. The maximum atomic E-state index is 13.2. The lowest BCUT2D eigenvalue weighted by molar-refractivity contribution is 0.102. The van der Waals surface area contributed by atoms with Crippen LogP contribution in [0.15, 0.2) is 54.7 Å². The van der Waals surface area contributed by atoms with Gasteiger partial charge in [0, 0.05) is 16.6 Å². The standard InChI is InChI=1S/C23H25ClN4O/c1-2-16-4-3-5-19(14-16)27-23(29)21-15-26-28(20-8-6-18(24)7-9-20)22(21)17-10-12-25-13-11-17/h3-9,14-15,17,25H,2,10-13H2,1H3,(H,27,29). The molecule has 1 aliphatic rings. The summed E-state index contributed by atoms with van der Waals surface area (Å²) in [5, 5.41) is 11.7.